The lowest BCUT2D eigenvalue weighted by Gasteiger charge is -2.31. The zero-order valence-electron chi connectivity index (χ0n) is 10.2. The number of nitrogens with zero attached hydrogens (tertiary/aromatic N) is 1. The first kappa shape index (κ1) is 13.5. The van der Waals surface area contributed by atoms with Crippen LogP contribution < -0.4 is 5.32 Å². The normalized spacial score (nSPS) is 28.2. The Morgan fingerprint density at radius 3 is 2.76 bits per heavy atom. The number of hydrogen-bond acceptors (Lipinski definition) is 5. The highest BCUT2D eigenvalue weighted by Crippen LogP contribution is 2.16. The Labute approximate surface area is 111 Å². The number of nitrogens with one attached hydrogen (secondary N) is 1. The van der Waals surface area contributed by atoms with E-state index in [1.165, 1.54) is 23.0 Å². The number of morpholine rings is 1. The minimum atomic E-state index is 0.0850. The average Bonchev–Trinajstić information content (AvgIpc) is 2.59. The standard InChI is InChI=1S/C11H20N2O2S2/c1-13-5-10(15-6-11(13)14)4-12-9-7-16-2-3-17-8-9/h9-10,12H,2-8H2,1H3/t10-/m1/s1. The number of likely N-dealkylation sites (N-methyl/N-ethyl adjacent to an activating group) is 1. The van der Waals surface area contributed by atoms with Crippen LogP contribution in [0.1, 0.15) is 0 Å². The molecule has 2 aliphatic heterocycles. The summed E-state index contributed by atoms with van der Waals surface area (Å²) in [5, 5.41) is 3.56. The van der Waals surface area contributed by atoms with Crippen LogP contribution >= 0.6 is 23.5 Å². The van der Waals surface area contributed by atoms with Gasteiger partial charge in [0.25, 0.3) is 0 Å². The molecule has 1 N–H and O–H groups in total. The van der Waals surface area contributed by atoms with Gasteiger partial charge in [-0.15, -0.1) is 0 Å². The fourth-order valence-electron chi connectivity index (χ4n) is 1.92. The summed E-state index contributed by atoms with van der Waals surface area (Å²) in [6.45, 7) is 1.79. The van der Waals surface area contributed by atoms with Crippen molar-refractivity contribution in [3.05, 3.63) is 0 Å². The predicted octanol–water partition coefficient (Wildman–Crippen LogP) is 0.282. The summed E-state index contributed by atoms with van der Waals surface area (Å²) in [6.07, 6.45) is 0.149. The Kier molecular flexibility index (Phi) is 5.47. The van der Waals surface area contributed by atoms with E-state index in [4.69, 9.17) is 4.74 Å². The van der Waals surface area contributed by atoms with E-state index in [1.54, 1.807) is 4.90 Å². The predicted molar refractivity (Wildman–Crippen MR) is 73.8 cm³/mol. The number of rotatable bonds is 3. The van der Waals surface area contributed by atoms with Gasteiger partial charge in [0.2, 0.25) is 5.91 Å². The topological polar surface area (TPSA) is 41.6 Å². The molecular weight excluding hydrogens is 256 g/mol. The molecule has 2 saturated heterocycles. The van der Waals surface area contributed by atoms with Gasteiger partial charge in [-0.05, 0) is 0 Å². The molecule has 2 aliphatic rings. The summed E-state index contributed by atoms with van der Waals surface area (Å²) in [6, 6.07) is 0.582. The van der Waals surface area contributed by atoms with Gasteiger partial charge in [-0.3, -0.25) is 4.79 Å². The van der Waals surface area contributed by atoms with E-state index in [9.17, 15) is 4.79 Å². The van der Waals surface area contributed by atoms with Crippen LogP contribution in [-0.2, 0) is 9.53 Å². The molecule has 0 aromatic carbocycles. The maximum absolute atomic E-state index is 11.3. The molecule has 2 heterocycles. The molecular formula is C11H20N2O2S2. The van der Waals surface area contributed by atoms with Crippen molar-refractivity contribution >= 4 is 29.4 Å². The summed E-state index contributed by atoms with van der Waals surface area (Å²) in [5.41, 5.74) is 0. The second-order valence-electron chi connectivity index (χ2n) is 4.46. The minimum Gasteiger partial charge on any atom is -0.365 e. The molecule has 98 valence electrons. The number of carbonyl (C=O) groups is 1. The first-order chi connectivity index (χ1) is 8.25. The van der Waals surface area contributed by atoms with Crippen molar-refractivity contribution in [2.24, 2.45) is 0 Å². The smallest absolute Gasteiger partial charge is 0.248 e. The van der Waals surface area contributed by atoms with Crippen molar-refractivity contribution in [2.75, 3.05) is 49.8 Å². The third-order valence-corrected chi connectivity index (χ3v) is 5.51. The van der Waals surface area contributed by atoms with E-state index in [-0.39, 0.29) is 18.6 Å². The molecule has 0 aliphatic carbocycles. The number of ether oxygens (including phenoxy) is 1. The Morgan fingerprint density at radius 2 is 2.12 bits per heavy atom. The highest BCUT2D eigenvalue weighted by molar-refractivity contribution is 8.03. The summed E-state index contributed by atoms with van der Waals surface area (Å²) in [7, 11) is 1.84. The Balaban J connectivity index is 1.68. The largest absolute Gasteiger partial charge is 0.365 e. The van der Waals surface area contributed by atoms with Gasteiger partial charge in [0, 0.05) is 49.2 Å². The molecule has 0 spiro atoms. The Morgan fingerprint density at radius 1 is 1.41 bits per heavy atom. The highest BCUT2D eigenvalue weighted by atomic mass is 32.2. The monoisotopic (exact) mass is 276 g/mol. The molecule has 0 unspecified atom stereocenters. The lowest BCUT2D eigenvalue weighted by molar-refractivity contribution is -0.146. The van der Waals surface area contributed by atoms with Crippen LogP contribution in [0.15, 0.2) is 0 Å². The molecule has 6 heteroatoms. The lowest BCUT2D eigenvalue weighted by Crippen LogP contribution is -2.50. The molecule has 4 nitrogen and oxygen atoms in total. The van der Waals surface area contributed by atoms with Gasteiger partial charge < -0.3 is 15.0 Å². The molecule has 0 bridgehead atoms. The van der Waals surface area contributed by atoms with Gasteiger partial charge in [0.1, 0.15) is 6.61 Å². The summed E-state index contributed by atoms with van der Waals surface area (Å²) in [4.78, 5) is 13.0. The minimum absolute atomic E-state index is 0.0850. The van der Waals surface area contributed by atoms with Crippen molar-refractivity contribution in [2.45, 2.75) is 12.1 Å². The van der Waals surface area contributed by atoms with Crippen molar-refractivity contribution in [1.29, 1.82) is 0 Å². The molecule has 17 heavy (non-hydrogen) atoms. The third kappa shape index (κ3) is 4.35. The maximum Gasteiger partial charge on any atom is 0.248 e. The molecule has 0 aromatic heterocycles. The van der Waals surface area contributed by atoms with Gasteiger partial charge in [-0.1, -0.05) is 0 Å². The van der Waals surface area contributed by atoms with Crippen molar-refractivity contribution in [3.8, 4) is 0 Å². The van der Waals surface area contributed by atoms with Crippen LogP contribution in [-0.4, -0.2) is 72.7 Å². The fraction of sp³-hybridized carbons (Fsp3) is 0.909. The van der Waals surface area contributed by atoms with Gasteiger partial charge in [0.15, 0.2) is 0 Å². The van der Waals surface area contributed by atoms with E-state index < -0.39 is 0 Å². The van der Waals surface area contributed by atoms with E-state index in [2.05, 4.69) is 5.32 Å². The third-order valence-electron chi connectivity index (χ3n) is 2.99. The lowest BCUT2D eigenvalue weighted by atomic mass is 10.2. The van der Waals surface area contributed by atoms with E-state index in [1.807, 2.05) is 30.6 Å². The van der Waals surface area contributed by atoms with E-state index >= 15 is 0 Å². The zero-order valence-corrected chi connectivity index (χ0v) is 11.8. The van der Waals surface area contributed by atoms with Crippen LogP contribution in [0.2, 0.25) is 0 Å². The molecule has 0 aromatic rings. The summed E-state index contributed by atoms with van der Waals surface area (Å²) in [5.74, 6) is 4.99. The van der Waals surface area contributed by atoms with Gasteiger partial charge >= 0.3 is 0 Å². The number of hydrogen-bond donors (Lipinski definition) is 1. The SMILES string of the molecule is CN1C[C@@H](CNC2CSCCSC2)OCC1=O. The van der Waals surface area contributed by atoms with Crippen LogP contribution in [0, 0.1) is 0 Å². The average molecular weight is 276 g/mol. The second kappa shape index (κ2) is 6.87. The van der Waals surface area contributed by atoms with Gasteiger partial charge in [-0.2, -0.15) is 23.5 Å². The van der Waals surface area contributed by atoms with Crippen LogP contribution in [0.5, 0.6) is 0 Å². The van der Waals surface area contributed by atoms with Crippen LogP contribution in [0.3, 0.4) is 0 Å². The zero-order chi connectivity index (χ0) is 12.1. The summed E-state index contributed by atoms with van der Waals surface area (Å²) < 4.78 is 5.52. The first-order valence-electron chi connectivity index (χ1n) is 6.00. The Hall–Kier alpha value is 0.0900. The van der Waals surface area contributed by atoms with Gasteiger partial charge in [0.05, 0.1) is 6.10 Å². The second-order valence-corrected chi connectivity index (χ2v) is 6.76. The number of carbonyl (C=O) groups excluding carboxylic acids is 1. The summed E-state index contributed by atoms with van der Waals surface area (Å²) >= 11 is 4.05. The molecule has 2 rings (SSSR count). The number of amides is 1. The molecule has 2 fully saturated rings. The van der Waals surface area contributed by atoms with Crippen molar-refractivity contribution < 1.29 is 9.53 Å². The first-order valence-corrected chi connectivity index (χ1v) is 8.31. The van der Waals surface area contributed by atoms with E-state index in [0.29, 0.717) is 12.6 Å². The Bertz CT molecular complexity index is 258. The maximum atomic E-state index is 11.3. The van der Waals surface area contributed by atoms with E-state index in [0.717, 1.165) is 6.54 Å². The highest BCUT2D eigenvalue weighted by Gasteiger charge is 2.24. The van der Waals surface area contributed by atoms with Gasteiger partial charge in [-0.25, -0.2) is 0 Å². The molecule has 0 saturated carbocycles. The van der Waals surface area contributed by atoms with Crippen LogP contribution in [0.4, 0.5) is 0 Å². The molecule has 0 radical (unpaired) electrons. The molecule has 1 atom stereocenters. The van der Waals surface area contributed by atoms with Crippen LogP contribution in [0.25, 0.3) is 0 Å². The number of thioether (sulfide) groups is 2. The molecule has 1 amide bonds. The fourth-order valence-corrected chi connectivity index (χ4v) is 4.38. The van der Waals surface area contributed by atoms with Crippen molar-refractivity contribution in [1.82, 2.24) is 10.2 Å². The quantitative estimate of drug-likeness (QED) is 0.802. The van der Waals surface area contributed by atoms with Crippen molar-refractivity contribution in [3.63, 3.8) is 0 Å².